The van der Waals surface area contributed by atoms with Crippen molar-refractivity contribution in [3.05, 3.63) is 0 Å². The van der Waals surface area contributed by atoms with Crippen LogP contribution >= 0.6 is 11.8 Å². The normalized spacial score (nSPS) is 15.8. The lowest BCUT2D eigenvalue weighted by Crippen LogP contribution is -2.28. The average molecular weight is 205 g/mol. The molecule has 0 aromatic rings. The van der Waals surface area contributed by atoms with Crippen LogP contribution in [0.3, 0.4) is 0 Å². The SMILES string of the molecule is CCC(N)CSC(C(=O)O)C(C)C. The Bertz CT molecular complexity index is 162. The van der Waals surface area contributed by atoms with Gasteiger partial charge >= 0.3 is 5.97 Å². The highest BCUT2D eigenvalue weighted by Gasteiger charge is 2.22. The molecule has 0 fully saturated rings. The molecule has 0 heterocycles. The monoisotopic (exact) mass is 205 g/mol. The summed E-state index contributed by atoms with van der Waals surface area (Å²) < 4.78 is 0. The van der Waals surface area contributed by atoms with Crippen LogP contribution in [-0.2, 0) is 4.79 Å². The Morgan fingerprint density at radius 3 is 2.38 bits per heavy atom. The van der Waals surface area contributed by atoms with Gasteiger partial charge in [0, 0.05) is 11.8 Å². The molecule has 0 amide bonds. The Labute approximate surface area is 84.1 Å². The van der Waals surface area contributed by atoms with Crippen molar-refractivity contribution in [2.45, 2.75) is 38.5 Å². The Morgan fingerprint density at radius 2 is 2.08 bits per heavy atom. The molecule has 0 aromatic heterocycles. The molecule has 0 aromatic carbocycles. The maximum absolute atomic E-state index is 10.8. The highest BCUT2D eigenvalue weighted by Crippen LogP contribution is 2.20. The van der Waals surface area contributed by atoms with E-state index in [0.717, 1.165) is 12.2 Å². The van der Waals surface area contributed by atoms with Crippen molar-refractivity contribution in [3.63, 3.8) is 0 Å². The molecule has 3 nitrogen and oxygen atoms in total. The predicted octanol–water partition coefficient (Wildman–Crippen LogP) is 1.57. The van der Waals surface area contributed by atoms with Gasteiger partial charge in [-0.3, -0.25) is 4.79 Å². The quantitative estimate of drug-likeness (QED) is 0.691. The van der Waals surface area contributed by atoms with Crippen molar-refractivity contribution >= 4 is 17.7 Å². The number of aliphatic carboxylic acids is 1. The third kappa shape index (κ3) is 5.16. The molecule has 0 aliphatic heterocycles. The molecular formula is C9H19NO2S. The van der Waals surface area contributed by atoms with Crippen molar-refractivity contribution in [2.75, 3.05) is 5.75 Å². The molecule has 0 bridgehead atoms. The third-order valence-electron chi connectivity index (χ3n) is 1.86. The molecular weight excluding hydrogens is 186 g/mol. The minimum absolute atomic E-state index is 0.116. The van der Waals surface area contributed by atoms with Gasteiger partial charge < -0.3 is 10.8 Å². The molecule has 2 atom stereocenters. The zero-order chi connectivity index (χ0) is 10.4. The summed E-state index contributed by atoms with van der Waals surface area (Å²) in [5, 5.41) is 8.55. The van der Waals surface area contributed by atoms with Crippen LogP contribution in [0.25, 0.3) is 0 Å². The minimum atomic E-state index is -0.733. The standard InChI is InChI=1S/C9H19NO2S/c1-4-7(10)5-13-8(6(2)3)9(11)12/h6-8H,4-5,10H2,1-3H3,(H,11,12). The summed E-state index contributed by atoms with van der Waals surface area (Å²) in [6, 6.07) is 0.116. The van der Waals surface area contributed by atoms with Gasteiger partial charge in [-0.25, -0.2) is 0 Å². The highest BCUT2D eigenvalue weighted by molar-refractivity contribution is 8.00. The van der Waals surface area contributed by atoms with Gasteiger partial charge in [0.1, 0.15) is 5.25 Å². The summed E-state index contributed by atoms with van der Waals surface area (Å²) in [4.78, 5) is 10.8. The van der Waals surface area contributed by atoms with Crippen molar-refractivity contribution in [2.24, 2.45) is 11.7 Å². The van der Waals surface area contributed by atoms with E-state index < -0.39 is 5.97 Å². The number of carboxylic acids is 1. The predicted molar refractivity (Wildman–Crippen MR) is 57.0 cm³/mol. The fourth-order valence-corrected chi connectivity index (χ4v) is 2.11. The van der Waals surface area contributed by atoms with Crippen molar-refractivity contribution in [1.29, 1.82) is 0 Å². The first-order chi connectivity index (χ1) is 5.99. The van der Waals surface area contributed by atoms with Crippen LogP contribution in [0.1, 0.15) is 27.2 Å². The van der Waals surface area contributed by atoms with E-state index in [9.17, 15) is 4.79 Å². The van der Waals surface area contributed by atoms with Gasteiger partial charge in [0.25, 0.3) is 0 Å². The van der Waals surface area contributed by atoms with E-state index in [1.54, 1.807) is 0 Å². The van der Waals surface area contributed by atoms with Crippen LogP contribution < -0.4 is 5.73 Å². The van der Waals surface area contributed by atoms with Gasteiger partial charge in [-0.15, -0.1) is 11.8 Å². The Morgan fingerprint density at radius 1 is 1.54 bits per heavy atom. The number of thioether (sulfide) groups is 1. The van der Waals surface area contributed by atoms with Gasteiger partial charge in [0.2, 0.25) is 0 Å². The van der Waals surface area contributed by atoms with Gasteiger partial charge in [0.05, 0.1) is 0 Å². The lowest BCUT2D eigenvalue weighted by molar-refractivity contribution is -0.137. The second-order valence-corrected chi connectivity index (χ2v) is 4.68. The van der Waals surface area contributed by atoms with Crippen molar-refractivity contribution in [1.82, 2.24) is 0 Å². The molecule has 13 heavy (non-hydrogen) atoms. The molecule has 0 aliphatic rings. The van der Waals surface area contributed by atoms with Gasteiger partial charge in [-0.05, 0) is 12.3 Å². The molecule has 0 rings (SSSR count). The second-order valence-electron chi connectivity index (χ2n) is 3.50. The fourth-order valence-electron chi connectivity index (χ4n) is 0.894. The first-order valence-corrected chi connectivity index (χ1v) is 5.63. The van der Waals surface area contributed by atoms with E-state index in [1.165, 1.54) is 11.8 Å². The minimum Gasteiger partial charge on any atom is -0.480 e. The van der Waals surface area contributed by atoms with E-state index in [1.807, 2.05) is 20.8 Å². The summed E-state index contributed by atoms with van der Waals surface area (Å²) in [6.07, 6.45) is 0.900. The molecule has 78 valence electrons. The summed E-state index contributed by atoms with van der Waals surface area (Å²) in [6.45, 7) is 5.85. The van der Waals surface area contributed by atoms with Crippen LogP contribution in [-0.4, -0.2) is 28.1 Å². The molecule has 0 aliphatic carbocycles. The summed E-state index contributed by atoms with van der Waals surface area (Å²) in [7, 11) is 0. The topological polar surface area (TPSA) is 63.3 Å². The number of hydrogen-bond donors (Lipinski definition) is 2. The van der Waals surface area contributed by atoms with Crippen LogP contribution in [0, 0.1) is 5.92 Å². The van der Waals surface area contributed by atoms with Crippen LogP contribution in [0.4, 0.5) is 0 Å². The third-order valence-corrected chi connectivity index (χ3v) is 3.59. The molecule has 4 heteroatoms. The zero-order valence-corrected chi connectivity index (χ0v) is 9.30. The summed E-state index contributed by atoms with van der Waals surface area (Å²) in [5.41, 5.74) is 5.71. The fraction of sp³-hybridized carbons (Fsp3) is 0.889. The molecule has 0 spiro atoms. The lowest BCUT2D eigenvalue weighted by Gasteiger charge is -2.17. The van der Waals surface area contributed by atoms with E-state index in [-0.39, 0.29) is 17.2 Å². The van der Waals surface area contributed by atoms with E-state index in [4.69, 9.17) is 10.8 Å². The number of nitrogens with two attached hydrogens (primary N) is 1. The largest absolute Gasteiger partial charge is 0.480 e. The number of rotatable bonds is 6. The van der Waals surface area contributed by atoms with Crippen LogP contribution in [0.2, 0.25) is 0 Å². The van der Waals surface area contributed by atoms with E-state index >= 15 is 0 Å². The van der Waals surface area contributed by atoms with Gasteiger partial charge in [-0.1, -0.05) is 20.8 Å². The first-order valence-electron chi connectivity index (χ1n) is 4.59. The van der Waals surface area contributed by atoms with Crippen molar-refractivity contribution < 1.29 is 9.90 Å². The van der Waals surface area contributed by atoms with Crippen LogP contribution in [0.5, 0.6) is 0 Å². The van der Waals surface area contributed by atoms with Gasteiger partial charge in [0.15, 0.2) is 0 Å². The number of carboxylic acid groups (broad SMARTS) is 1. The number of hydrogen-bond acceptors (Lipinski definition) is 3. The summed E-state index contributed by atoms with van der Waals surface area (Å²) in [5.74, 6) is 0.154. The van der Waals surface area contributed by atoms with Crippen LogP contribution in [0.15, 0.2) is 0 Å². The maximum atomic E-state index is 10.8. The average Bonchev–Trinajstić information content (AvgIpc) is 2.03. The van der Waals surface area contributed by atoms with Crippen molar-refractivity contribution in [3.8, 4) is 0 Å². The molecule has 0 saturated heterocycles. The van der Waals surface area contributed by atoms with E-state index in [2.05, 4.69) is 0 Å². The smallest absolute Gasteiger partial charge is 0.316 e. The lowest BCUT2D eigenvalue weighted by atomic mass is 10.1. The molecule has 3 N–H and O–H groups in total. The summed E-state index contributed by atoms with van der Waals surface area (Å²) >= 11 is 1.45. The molecule has 0 radical (unpaired) electrons. The molecule has 0 saturated carbocycles. The maximum Gasteiger partial charge on any atom is 0.316 e. The Balaban J connectivity index is 3.90. The number of carbonyl (C=O) groups is 1. The first kappa shape index (κ1) is 12.8. The Hall–Kier alpha value is -0.220. The highest BCUT2D eigenvalue weighted by atomic mass is 32.2. The Kier molecular flexibility index (Phi) is 6.16. The molecule has 2 unspecified atom stereocenters. The zero-order valence-electron chi connectivity index (χ0n) is 8.49. The second kappa shape index (κ2) is 6.27. The van der Waals surface area contributed by atoms with Gasteiger partial charge in [-0.2, -0.15) is 0 Å². The van der Waals surface area contributed by atoms with E-state index in [0.29, 0.717) is 0 Å².